The summed E-state index contributed by atoms with van der Waals surface area (Å²) in [7, 11) is 0. The summed E-state index contributed by atoms with van der Waals surface area (Å²) in [5.41, 5.74) is 2.79. The Balaban J connectivity index is 1.74. The van der Waals surface area contributed by atoms with E-state index < -0.39 is 0 Å². The predicted octanol–water partition coefficient (Wildman–Crippen LogP) is 1.56. The minimum atomic E-state index is -0.302. The minimum absolute atomic E-state index is 0.0633. The molecule has 1 aromatic rings. The van der Waals surface area contributed by atoms with Crippen molar-refractivity contribution >= 4 is 0 Å². The van der Waals surface area contributed by atoms with Crippen LogP contribution < -0.4 is 9.47 Å². The fourth-order valence-corrected chi connectivity index (χ4v) is 4.48. The molecule has 2 unspecified atom stereocenters. The van der Waals surface area contributed by atoms with Crippen LogP contribution in [0.4, 0.5) is 0 Å². The molecule has 1 aliphatic carbocycles. The summed E-state index contributed by atoms with van der Waals surface area (Å²) in [6.45, 7) is 2.38. The van der Waals surface area contributed by atoms with Crippen LogP contribution >= 0.6 is 0 Å². The summed E-state index contributed by atoms with van der Waals surface area (Å²) in [5, 5.41) is 9.95. The Hall–Kier alpha value is -1.52. The van der Waals surface area contributed by atoms with Crippen LogP contribution in [-0.2, 0) is 12.0 Å². The van der Waals surface area contributed by atoms with Gasteiger partial charge in [-0.3, -0.25) is 4.90 Å². The second kappa shape index (κ2) is 3.57. The normalized spacial score (nSPS) is 39.5. The van der Waals surface area contributed by atoms with Crippen molar-refractivity contribution in [2.24, 2.45) is 0 Å². The fraction of sp³-hybridized carbons (Fsp3) is 0.500. The number of aliphatic hydroxyl groups excluding tert-OH is 1. The zero-order valence-corrected chi connectivity index (χ0v) is 11.2. The van der Waals surface area contributed by atoms with Crippen LogP contribution in [-0.4, -0.2) is 35.5 Å². The molecule has 0 saturated carbocycles. The highest BCUT2D eigenvalue weighted by atomic mass is 16.7. The van der Waals surface area contributed by atoms with Gasteiger partial charge in [-0.1, -0.05) is 12.2 Å². The molecule has 1 aromatic carbocycles. The maximum absolute atomic E-state index is 9.95. The largest absolute Gasteiger partial charge is 0.454 e. The number of rotatable bonds is 0. The fourth-order valence-electron chi connectivity index (χ4n) is 4.48. The molecule has 0 aromatic heterocycles. The second-order valence-corrected chi connectivity index (χ2v) is 6.30. The number of hydrogen-bond donors (Lipinski definition) is 1. The summed E-state index contributed by atoms with van der Waals surface area (Å²) in [6.07, 6.45) is 5.88. The van der Waals surface area contributed by atoms with Crippen molar-refractivity contribution in [1.29, 1.82) is 0 Å². The molecule has 20 heavy (non-hydrogen) atoms. The van der Waals surface area contributed by atoms with E-state index in [1.54, 1.807) is 0 Å². The van der Waals surface area contributed by atoms with Gasteiger partial charge in [-0.25, -0.2) is 0 Å². The number of fused-ring (bicyclic) bond motifs is 2. The lowest BCUT2D eigenvalue weighted by atomic mass is 9.66. The zero-order chi connectivity index (χ0) is 13.3. The van der Waals surface area contributed by atoms with E-state index in [1.165, 1.54) is 11.1 Å². The summed E-state index contributed by atoms with van der Waals surface area (Å²) >= 11 is 0. The van der Waals surface area contributed by atoms with E-state index in [-0.39, 0.29) is 11.5 Å². The Morgan fingerprint density at radius 1 is 1.25 bits per heavy atom. The molecule has 4 atom stereocenters. The van der Waals surface area contributed by atoms with Crippen LogP contribution in [0.3, 0.4) is 0 Å². The highest BCUT2D eigenvalue weighted by Gasteiger charge is 2.53. The van der Waals surface area contributed by atoms with Gasteiger partial charge in [0.05, 0.1) is 6.10 Å². The molecular weight excluding hydrogens is 254 g/mol. The molecule has 1 N–H and O–H groups in total. The SMILES string of the molecule is O[C@H]1C=C[C@]23CCN(Cc4cc5c(cc42)OCO5)C3C1. The van der Waals surface area contributed by atoms with Gasteiger partial charge in [0.25, 0.3) is 0 Å². The third-order valence-electron chi connectivity index (χ3n) is 5.40. The number of aliphatic hydroxyl groups is 1. The Morgan fingerprint density at radius 3 is 3.00 bits per heavy atom. The number of nitrogens with zero attached hydrogens (tertiary/aromatic N) is 1. The molecular formula is C16H17NO3. The van der Waals surface area contributed by atoms with E-state index >= 15 is 0 Å². The second-order valence-electron chi connectivity index (χ2n) is 6.30. The number of benzene rings is 1. The lowest BCUT2D eigenvalue weighted by Crippen LogP contribution is -2.49. The Morgan fingerprint density at radius 2 is 2.10 bits per heavy atom. The minimum Gasteiger partial charge on any atom is -0.454 e. The van der Waals surface area contributed by atoms with Crippen LogP contribution in [0.15, 0.2) is 24.3 Å². The maximum Gasteiger partial charge on any atom is 0.231 e. The maximum atomic E-state index is 9.95. The third kappa shape index (κ3) is 1.24. The number of ether oxygens (including phenoxy) is 2. The van der Waals surface area contributed by atoms with Gasteiger partial charge in [-0.05, 0) is 36.1 Å². The molecule has 3 heterocycles. The van der Waals surface area contributed by atoms with Crippen molar-refractivity contribution < 1.29 is 14.6 Å². The first-order valence-corrected chi connectivity index (χ1v) is 7.31. The first-order valence-electron chi connectivity index (χ1n) is 7.31. The molecule has 1 saturated heterocycles. The quantitative estimate of drug-likeness (QED) is 0.727. The molecule has 104 valence electrons. The third-order valence-corrected chi connectivity index (χ3v) is 5.40. The van der Waals surface area contributed by atoms with E-state index in [9.17, 15) is 5.11 Å². The molecule has 4 nitrogen and oxygen atoms in total. The van der Waals surface area contributed by atoms with Gasteiger partial charge < -0.3 is 14.6 Å². The Kier molecular flexibility index (Phi) is 1.99. The topological polar surface area (TPSA) is 41.9 Å². The summed E-state index contributed by atoms with van der Waals surface area (Å²) in [5.74, 6) is 1.75. The predicted molar refractivity (Wildman–Crippen MR) is 72.8 cm³/mol. The molecule has 4 heteroatoms. The molecule has 0 spiro atoms. The van der Waals surface area contributed by atoms with Gasteiger partial charge in [0.15, 0.2) is 11.5 Å². The van der Waals surface area contributed by atoms with Crippen molar-refractivity contribution in [1.82, 2.24) is 4.90 Å². The van der Waals surface area contributed by atoms with Crippen LogP contribution in [0.1, 0.15) is 24.0 Å². The molecule has 5 rings (SSSR count). The molecule has 1 fully saturated rings. The molecule has 3 aliphatic heterocycles. The van der Waals surface area contributed by atoms with E-state index in [1.807, 2.05) is 6.08 Å². The molecule has 2 bridgehead atoms. The van der Waals surface area contributed by atoms with Crippen LogP contribution in [0.25, 0.3) is 0 Å². The summed E-state index contributed by atoms with van der Waals surface area (Å²) < 4.78 is 11.1. The van der Waals surface area contributed by atoms with Crippen molar-refractivity contribution in [3.63, 3.8) is 0 Å². The lowest BCUT2D eigenvalue weighted by Gasteiger charge is -2.45. The molecule has 0 amide bonds. The van der Waals surface area contributed by atoms with Gasteiger partial charge in [0, 0.05) is 24.5 Å². The van der Waals surface area contributed by atoms with Gasteiger partial charge >= 0.3 is 0 Å². The van der Waals surface area contributed by atoms with E-state index in [0.717, 1.165) is 37.4 Å². The lowest BCUT2D eigenvalue weighted by molar-refractivity contribution is 0.110. The van der Waals surface area contributed by atoms with Crippen molar-refractivity contribution in [3.8, 4) is 11.5 Å². The van der Waals surface area contributed by atoms with Gasteiger partial charge in [-0.2, -0.15) is 0 Å². The van der Waals surface area contributed by atoms with Crippen LogP contribution in [0.2, 0.25) is 0 Å². The van der Waals surface area contributed by atoms with Crippen molar-refractivity contribution in [2.45, 2.75) is 36.9 Å². The standard InChI is InChI=1S/C16H17NO3/c18-11-1-2-16-3-4-17(15(16)6-11)8-10-5-13-14(7-12(10)16)20-9-19-13/h1-2,5,7,11,15,18H,3-4,6,8-9H2/t11-,15?,16-/m0/s1. The van der Waals surface area contributed by atoms with Crippen molar-refractivity contribution in [3.05, 3.63) is 35.4 Å². The summed E-state index contributed by atoms with van der Waals surface area (Å²) in [6, 6.07) is 4.75. The van der Waals surface area contributed by atoms with Gasteiger partial charge in [-0.15, -0.1) is 0 Å². The highest BCUT2D eigenvalue weighted by Crippen LogP contribution is 2.53. The number of hydrogen-bond acceptors (Lipinski definition) is 4. The van der Waals surface area contributed by atoms with Crippen LogP contribution in [0, 0.1) is 0 Å². The van der Waals surface area contributed by atoms with Crippen molar-refractivity contribution in [2.75, 3.05) is 13.3 Å². The average molecular weight is 271 g/mol. The Labute approximate surface area is 117 Å². The first-order chi connectivity index (χ1) is 9.76. The molecule has 0 radical (unpaired) electrons. The smallest absolute Gasteiger partial charge is 0.231 e. The highest BCUT2D eigenvalue weighted by molar-refractivity contribution is 5.55. The van der Waals surface area contributed by atoms with Crippen LogP contribution in [0.5, 0.6) is 11.5 Å². The average Bonchev–Trinajstić information content (AvgIpc) is 3.00. The van der Waals surface area contributed by atoms with Gasteiger partial charge in [0.2, 0.25) is 6.79 Å². The molecule has 4 aliphatic rings. The van der Waals surface area contributed by atoms with E-state index in [4.69, 9.17) is 9.47 Å². The van der Waals surface area contributed by atoms with Gasteiger partial charge in [0.1, 0.15) is 0 Å². The monoisotopic (exact) mass is 271 g/mol. The van der Waals surface area contributed by atoms with E-state index in [0.29, 0.717) is 12.8 Å². The summed E-state index contributed by atoms with van der Waals surface area (Å²) in [4.78, 5) is 2.51. The van der Waals surface area contributed by atoms with E-state index in [2.05, 4.69) is 23.1 Å². The Bertz CT molecular complexity index is 626. The first kappa shape index (κ1) is 11.2. The zero-order valence-electron chi connectivity index (χ0n) is 11.2.